The van der Waals surface area contributed by atoms with Gasteiger partial charge in [-0.25, -0.2) is 0 Å². The van der Waals surface area contributed by atoms with Crippen molar-refractivity contribution in [3.63, 3.8) is 0 Å². The van der Waals surface area contributed by atoms with Crippen LogP contribution in [0.1, 0.15) is 105 Å². The van der Waals surface area contributed by atoms with Crippen molar-refractivity contribution in [3.05, 3.63) is 0 Å². The minimum Gasteiger partial charge on any atom is -0.481 e. The number of hydrogen-bond acceptors (Lipinski definition) is 1. The quantitative estimate of drug-likeness (QED) is 0.519. The number of carboxylic acids is 1. The van der Waals surface area contributed by atoms with Gasteiger partial charge in [-0.2, -0.15) is 0 Å². The molecule has 0 bridgehead atoms. The second kappa shape index (κ2) is 7.86. The Labute approximate surface area is 179 Å². The Kier molecular flexibility index (Phi) is 5.88. The zero-order valence-corrected chi connectivity index (χ0v) is 19.8. The van der Waals surface area contributed by atoms with Crippen LogP contribution >= 0.6 is 0 Å². The van der Waals surface area contributed by atoms with E-state index in [9.17, 15) is 9.90 Å². The second-order valence-electron chi connectivity index (χ2n) is 12.3. The first-order chi connectivity index (χ1) is 13.7. The van der Waals surface area contributed by atoms with Gasteiger partial charge in [-0.3, -0.25) is 4.79 Å². The van der Waals surface area contributed by atoms with Crippen molar-refractivity contribution >= 4 is 5.97 Å². The molecule has 1 N–H and O–H groups in total. The number of rotatable bonds is 5. The van der Waals surface area contributed by atoms with E-state index in [-0.39, 0.29) is 5.92 Å². The summed E-state index contributed by atoms with van der Waals surface area (Å²) in [5.41, 5.74) is 1.06. The van der Waals surface area contributed by atoms with Crippen LogP contribution in [0.5, 0.6) is 0 Å². The van der Waals surface area contributed by atoms with Gasteiger partial charge in [0.25, 0.3) is 0 Å². The summed E-state index contributed by atoms with van der Waals surface area (Å²) in [4.78, 5) is 11.4. The highest BCUT2D eigenvalue weighted by molar-refractivity contribution is 5.69. The standard InChI is InChI=1S/C27H46O2/c1-6-19-16-20-23-11-10-21(17(2)15-18(3)25(28)29)27(23,5)14-12-24(20)26(4)13-8-7-9-22(19)26/h17-24H,6-16H2,1-5H3,(H,28,29)/t17-,18-,19+,20+,21-,22?,23+,24+,26+,27-/m1/s1. The zero-order chi connectivity index (χ0) is 21.0. The van der Waals surface area contributed by atoms with Crippen molar-refractivity contribution < 1.29 is 9.90 Å². The van der Waals surface area contributed by atoms with Gasteiger partial charge in [-0.1, -0.05) is 53.9 Å². The van der Waals surface area contributed by atoms with Gasteiger partial charge < -0.3 is 5.11 Å². The summed E-state index contributed by atoms with van der Waals surface area (Å²) in [7, 11) is 0. The SMILES string of the molecule is CC[C@H]1C[C@H]2[C@@H]3CC[C@H]([C@H](C)C[C@@H](C)C(=O)O)[C@@]3(C)CC[C@@H]2[C@@]2(C)CCCCC12. The Bertz CT molecular complexity index is 614. The Morgan fingerprint density at radius 1 is 0.966 bits per heavy atom. The fraction of sp³-hybridized carbons (Fsp3) is 0.963. The van der Waals surface area contributed by atoms with E-state index in [2.05, 4.69) is 27.7 Å². The molecule has 0 aromatic heterocycles. The molecule has 2 heteroatoms. The fourth-order valence-electron chi connectivity index (χ4n) is 9.82. The van der Waals surface area contributed by atoms with E-state index in [4.69, 9.17) is 0 Å². The largest absolute Gasteiger partial charge is 0.481 e. The summed E-state index contributed by atoms with van der Waals surface area (Å²) in [6.07, 6.45) is 15.2. The summed E-state index contributed by atoms with van der Waals surface area (Å²) in [5, 5.41) is 9.42. The molecule has 4 aliphatic carbocycles. The highest BCUT2D eigenvalue weighted by Crippen LogP contribution is 2.69. The minimum atomic E-state index is -0.616. The van der Waals surface area contributed by atoms with Gasteiger partial charge in [-0.15, -0.1) is 0 Å². The van der Waals surface area contributed by atoms with Crippen LogP contribution < -0.4 is 0 Å². The van der Waals surface area contributed by atoms with Crippen molar-refractivity contribution in [1.82, 2.24) is 0 Å². The average Bonchev–Trinajstić information content (AvgIpc) is 3.04. The molecule has 1 unspecified atom stereocenters. The predicted octanol–water partition coefficient (Wildman–Crippen LogP) is 7.42. The summed E-state index contributed by atoms with van der Waals surface area (Å²) >= 11 is 0. The van der Waals surface area contributed by atoms with Gasteiger partial charge in [0.05, 0.1) is 5.92 Å². The zero-order valence-electron chi connectivity index (χ0n) is 19.8. The molecule has 4 saturated carbocycles. The number of fused-ring (bicyclic) bond motifs is 5. The van der Waals surface area contributed by atoms with E-state index >= 15 is 0 Å². The normalized spacial score (nSPS) is 48.9. The van der Waals surface area contributed by atoms with Crippen LogP contribution in [0.3, 0.4) is 0 Å². The number of carbonyl (C=O) groups is 1. The van der Waals surface area contributed by atoms with E-state index in [1.165, 1.54) is 64.2 Å². The monoisotopic (exact) mass is 402 g/mol. The molecule has 0 saturated heterocycles. The van der Waals surface area contributed by atoms with Crippen molar-refractivity contribution in [2.45, 2.75) is 105 Å². The molecule has 4 fully saturated rings. The van der Waals surface area contributed by atoms with Gasteiger partial charge in [0.2, 0.25) is 0 Å². The topological polar surface area (TPSA) is 37.3 Å². The molecule has 29 heavy (non-hydrogen) atoms. The lowest BCUT2D eigenvalue weighted by Crippen LogP contribution is -2.55. The summed E-state index contributed by atoms with van der Waals surface area (Å²) in [5.74, 6) is 5.17. The molecule has 2 nitrogen and oxygen atoms in total. The van der Waals surface area contributed by atoms with E-state index in [1.54, 1.807) is 0 Å². The summed E-state index contributed by atoms with van der Waals surface area (Å²) in [6, 6.07) is 0. The van der Waals surface area contributed by atoms with Crippen molar-refractivity contribution in [2.24, 2.45) is 58.2 Å². The van der Waals surface area contributed by atoms with Crippen molar-refractivity contribution in [1.29, 1.82) is 0 Å². The summed E-state index contributed by atoms with van der Waals surface area (Å²) < 4.78 is 0. The molecular weight excluding hydrogens is 356 g/mol. The maximum atomic E-state index is 11.4. The molecular formula is C27H46O2. The smallest absolute Gasteiger partial charge is 0.306 e. The third-order valence-corrected chi connectivity index (χ3v) is 11.2. The van der Waals surface area contributed by atoms with Crippen LogP contribution in [0.4, 0.5) is 0 Å². The fourth-order valence-corrected chi connectivity index (χ4v) is 9.82. The van der Waals surface area contributed by atoms with Crippen LogP contribution in [0, 0.1) is 58.2 Å². The van der Waals surface area contributed by atoms with Crippen LogP contribution in [0.25, 0.3) is 0 Å². The third-order valence-electron chi connectivity index (χ3n) is 11.2. The Hall–Kier alpha value is -0.530. The second-order valence-corrected chi connectivity index (χ2v) is 12.3. The van der Waals surface area contributed by atoms with E-state index in [0.717, 1.165) is 41.9 Å². The first-order valence-corrected chi connectivity index (χ1v) is 12.9. The Morgan fingerprint density at radius 3 is 2.38 bits per heavy atom. The first kappa shape index (κ1) is 21.7. The summed E-state index contributed by atoms with van der Waals surface area (Å²) in [6.45, 7) is 12.0. The van der Waals surface area contributed by atoms with Crippen molar-refractivity contribution in [2.75, 3.05) is 0 Å². The predicted molar refractivity (Wildman–Crippen MR) is 120 cm³/mol. The lowest BCUT2D eigenvalue weighted by atomic mass is 9.42. The highest BCUT2D eigenvalue weighted by Gasteiger charge is 2.61. The molecule has 0 radical (unpaired) electrons. The van der Waals surface area contributed by atoms with E-state index in [1.807, 2.05) is 6.92 Å². The van der Waals surface area contributed by atoms with Crippen LogP contribution in [-0.2, 0) is 4.79 Å². The van der Waals surface area contributed by atoms with Crippen LogP contribution in [0.2, 0.25) is 0 Å². The highest BCUT2D eigenvalue weighted by atomic mass is 16.4. The van der Waals surface area contributed by atoms with Gasteiger partial charge in [0.1, 0.15) is 0 Å². The number of carboxylic acid groups (broad SMARTS) is 1. The lowest BCUT2D eigenvalue weighted by molar-refractivity contribution is -0.144. The maximum Gasteiger partial charge on any atom is 0.306 e. The average molecular weight is 403 g/mol. The van der Waals surface area contributed by atoms with Gasteiger partial charge >= 0.3 is 5.97 Å². The Balaban J connectivity index is 1.57. The molecule has 0 spiro atoms. The van der Waals surface area contributed by atoms with Crippen LogP contribution in [0.15, 0.2) is 0 Å². The molecule has 0 heterocycles. The minimum absolute atomic E-state index is 0.204. The van der Waals surface area contributed by atoms with E-state index < -0.39 is 5.97 Å². The van der Waals surface area contributed by atoms with Gasteiger partial charge in [0.15, 0.2) is 0 Å². The number of aliphatic carboxylic acids is 1. The molecule has 10 atom stereocenters. The first-order valence-electron chi connectivity index (χ1n) is 12.9. The lowest BCUT2D eigenvalue weighted by Gasteiger charge is -2.63. The van der Waals surface area contributed by atoms with E-state index in [0.29, 0.717) is 16.7 Å². The molecule has 0 aromatic carbocycles. The van der Waals surface area contributed by atoms with Crippen molar-refractivity contribution in [3.8, 4) is 0 Å². The molecule has 0 amide bonds. The maximum absolute atomic E-state index is 11.4. The van der Waals surface area contributed by atoms with Gasteiger partial charge in [0, 0.05) is 0 Å². The number of hydrogen-bond donors (Lipinski definition) is 1. The third kappa shape index (κ3) is 3.39. The molecule has 0 aliphatic heterocycles. The molecule has 0 aromatic rings. The molecule has 166 valence electrons. The molecule has 4 aliphatic rings. The van der Waals surface area contributed by atoms with Crippen LogP contribution in [-0.4, -0.2) is 11.1 Å². The van der Waals surface area contributed by atoms with Gasteiger partial charge in [-0.05, 0) is 104 Å². The molecule has 4 rings (SSSR count). The Morgan fingerprint density at radius 2 is 1.69 bits per heavy atom.